The van der Waals surface area contributed by atoms with E-state index in [1.807, 2.05) is 18.4 Å². The number of nitrogens with zero attached hydrogens (tertiary/aromatic N) is 5. The zero-order valence-electron chi connectivity index (χ0n) is 20.2. The smallest absolute Gasteiger partial charge is 0.243 e. The summed E-state index contributed by atoms with van der Waals surface area (Å²) in [6.45, 7) is 6.08. The first-order valence-electron chi connectivity index (χ1n) is 12.0. The molecule has 192 valence electrons. The third kappa shape index (κ3) is 4.85. The van der Waals surface area contributed by atoms with Crippen molar-refractivity contribution < 1.29 is 22.3 Å². The van der Waals surface area contributed by atoms with E-state index in [4.69, 9.17) is 9.47 Å². The van der Waals surface area contributed by atoms with Crippen LogP contribution in [0.5, 0.6) is 0 Å². The number of benzene rings is 1. The minimum Gasteiger partial charge on any atom is -0.381 e. The highest BCUT2D eigenvalue weighted by Gasteiger charge is 2.31. The highest BCUT2D eigenvalue weighted by atomic mass is 32.2. The van der Waals surface area contributed by atoms with Gasteiger partial charge in [-0.1, -0.05) is 0 Å². The highest BCUT2D eigenvalue weighted by Crippen LogP contribution is 2.31. The van der Waals surface area contributed by atoms with Gasteiger partial charge in [-0.05, 0) is 51.0 Å². The van der Waals surface area contributed by atoms with Gasteiger partial charge in [0.25, 0.3) is 0 Å². The van der Waals surface area contributed by atoms with Gasteiger partial charge in [0.1, 0.15) is 11.5 Å². The number of halogens is 1. The number of anilines is 2. The minimum absolute atomic E-state index is 0.153. The number of rotatable bonds is 6. The van der Waals surface area contributed by atoms with Crippen molar-refractivity contribution in [3.63, 3.8) is 0 Å². The first kappa shape index (κ1) is 24.8. The van der Waals surface area contributed by atoms with Crippen LogP contribution in [0.4, 0.5) is 16.0 Å². The summed E-state index contributed by atoms with van der Waals surface area (Å²) in [7, 11) is -3.64. The molecule has 5 rings (SSSR count). The molecule has 1 atom stereocenters. The Labute approximate surface area is 209 Å². The normalized spacial score (nSPS) is 19.9. The van der Waals surface area contributed by atoms with E-state index >= 15 is 0 Å². The van der Waals surface area contributed by atoms with E-state index in [1.54, 1.807) is 18.3 Å². The Hall–Kier alpha value is -2.93. The number of nitrogens with one attached hydrogen (secondary N) is 1. The Bertz CT molecular complexity index is 1320. The summed E-state index contributed by atoms with van der Waals surface area (Å²) in [5, 5.41) is 3.05. The molecular weight excluding hydrogens is 487 g/mol. The first-order valence-corrected chi connectivity index (χ1v) is 13.4. The predicted molar refractivity (Wildman–Crippen MR) is 131 cm³/mol. The number of hydrogen-bond acceptors (Lipinski definition) is 8. The van der Waals surface area contributed by atoms with Crippen molar-refractivity contribution in [2.24, 2.45) is 0 Å². The highest BCUT2D eigenvalue weighted by molar-refractivity contribution is 7.89. The van der Waals surface area contributed by atoms with Gasteiger partial charge in [0.15, 0.2) is 5.82 Å². The molecule has 0 saturated carbocycles. The Morgan fingerprint density at radius 2 is 1.81 bits per heavy atom. The molecule has 0 radical (unpaired) electrons. The molecule has 0 aliphatic carbocycles. The average Bonchev–Trinajstić information content (AvgIpc) is 3.27. The van der Waals surface area contributed by atoms with Gasteiger partial charge in [-0.25, -0.2) is 27.8 Å². The summed E-state index contributed by atoms with van der Waals surface area (Å²) < 4.78 is 55.2. The molecule has 1 N–H and O–H groups in total. The molecule has 10 nitrogen and oxygen atoms in total. The quantitative estimate of drug-likeness (QED) is 0.531. The van der Waals surface area contributed by atoms with Gasteiger partial charge in [0.2, 0.25) is 16.0 Å². The lowest BCUT2D eigenvalue weighted by atomic mass is 10.1. The van der Waals surface area contributed by atoms with Gasteiger partial charge in [-0.15, -0.1) is 0 Å². The third-order valence-electron chi connectivity index (χ3n) is 6.55. The van der Waals surface area contributed by atoms with Crippen molar-refractivity contribution in [2.75, 3.05) is 38.3 Å². The van der Waals surface area contributed by atoms with Crippen LogP contribution in [-0.2, 0) is 19.5 Å². The number of morpholine rings is 1. The molecule has 0 bridgehead atoms. The number of aryl methyl sites for hydroxylation is 1. The van der Waals surface area contributed by atoms with Crippen molar-refractivity contribution in [2.45, 2.75) is 43.7 Å². The van der Waals surface area contributed by atoms with Gasteiger partial charge < -0.3 is 19.4 Å². The zero-order valence-corrected chi connectivity index (χ0v) is 21.0. The molecule has 2 aromatic heterocycles. The second-order valence-electron chi connectivity index (χ2n) is 8.98. The summed E-state index contributed by atoms with van der Waals surface area (Å²) >= 11 is 0. The van der Waals surface area contributed by atoms with Crippen molar-refractivity contribution in [3.05, 3.63) is 48.3 Å². The molecule has 2 fully saturated rings. The van der Waals surface area contributed by atoms with Crippen LogP contribution >= 0.6 is 0 Å². The van der Waals surface area contributed by atoms with Gasteiger partial charge in [-0.3, -0.25) is 0 Å². The summed E-state index contributed by atoms with van der Waals surface area (Å²) in [4.78, 5) is 13.1. The van der Waals surface area contributed by atoms with Crippen LogP contribution in [-0.4, -0.2) is 71.3 Å². The van der Waals surface area contributed by atoms with Gasteiger partial charge in [-0.2, -0.15) is 4.31 Å². The van der Waals surface area contributed by atoms with Crippen molar-refractivity contribution in [1.29, 1.82) is 0 Å². The molecule has 2 aliphatic heterocycles. The van der Waals surface area contributed by atoms with Crippen LogP contribution in [0, 0.1) is 12.7 Å². The van der Waals surface area contributed by atoms with Crippen molar-refractivity contribution in [1.82, 2.24) is 23.8 Å². The number of aromatic nitrogens is 4. The zero-order chi connectivity index (χ0) is 25.3. The maximum atomic E-state index is 14.8. The Morgan fingerprint density at radius 3 is 2.53 bits per heavy atom. The van der Waals surface area contributed by atoms with E-state index in [-0.39, 0.29) is 28.6 Å². The fourth-order valence-electron chi connectivity index (χ4n) is 4.68. The van der Waals surface area contributed by atoms with Gasteiger partial charge in [0, 0.05) is 37.5 Å². The topological polar surface area (TPSA) is 111 Å². The van der Waals surface area contributed by atoms with Crippen LogP contribution in [0.3, 0.4) is 0 Å². The summed E-state index contributed by atoms with van der Waals surface area (Å²) in [6, 6.07) is 6.28. The molecule has 1 aromatic carbocycles. The van der Waals surface area contributed by atoms with E-state index in [1.165, 1.54) is 16.4 Å². The SMILES string of the molecule is Cc1ncc(-c2nc(Nc3ccc(S(=O)(=O)N4CCOC[C@H]4C)cc3)ncc2F)n1C1CCOCC1. The fraction of sp³-hybridized carbons (Fsp3) is 0.458. The van der Waals surface area contributed by atoms with Crippen molar-refractivity contribution >= 4 is 21.7 Å². The number of sulfonamides is 1. The Kier molecular flexibility index (Phi) is 7.02. The second-order valence-corrected chi connectivity index (χ2v) is 10.9. The Balaban J connectivity index is 1.38. The number of ether oxygens (including phenoxy) is 2. The fourth-order valence-corrected chi connectivity index (χ4v) is 6.28. The molecule has 36 heavy (non-hydrogen) atoms. The maximum Gasteiger partial charge on any atom is 0.243 e. The summed E-state index contributed by atoms with van der Waals surface area (Å²) in [6.07, 6.45) is 4.40. The number of imidazole rings is 1. The van der Waals surface area contributed by atoms with Crippen molar-refractivity contribution in [3.8, 4) is 11.4 Å². The predicted octanol–water partition coefficient (Wildman–Crippen LogP) is 3.29. The van der Waals surface area contributed by atoms with Gasteiger partial charge >= 0.3 is 0 Å². The average molecular weight is 517 g/mol. The van der Waals surface area contributed by atoms with Crippen LogP contribution in [0.15, 0.2) is 41.6 Å². The molecule has 2 saturated heterocycles. The standard InChI is InChI=1S/C24H29FN6O4S/c1-16-15-35-12-9-30(16)36(32,33)20-5-3-18(4-6-20)28-24-27-13-21(25)23(29-24)22-14-26-17(2)31(22)19-7-10-34-11-8-19/h3-6,13-14,16,19H,7-12,15H2,1-2H3,(H,27,28,29)/t16-/m1/s1. The number of hydrogen-bond donors (Lipinski definition) is 1. The maximum absolute atomic E-state index is 14.8. The molecule has 12 heteroatoms. The molecular formula is C24H29FN6O4S. The molecule has 0 amide bonds. The van der Waals surface area contributed by atoms with Crippen LogP contribution in [0.1, 0.15) is 31.6 Å². The van der Waals surface area contributed by atoms with E-state index in [0.29, 0.717) is 44.4 Å². The van der Waals surface area contributed by atoms with Gasteiger partial charge in [0.05, 0.1) is 36.2 Å². The third-order valence-corrected chi connectivity index (χ3v) is 8.58. The van der Waals surface area contributed by atoms with Crippen LogP contribution in [0.25, 0.3) is 11.4 Å². The van der Waals surface area contributed by atoms with E-state index < -0.39 is 15.8 Å². The van der Waals surface area contributed by atoms with E-state index in [2.05, 4.69) is 20.3 Å². The second kappa shape index (κ2) is 10.2. The van der Waals surface area contributed by atoms with E-state index in [0.717, 1.165) is 24.9 Å². The lowest BCUT2D eigenvalue weighted by molar-refractivity contribution is 0.0393. The molecule has 2 aliphatic rings. The monoisotopic (exact) mass is 516 g/mol. The molecule has 4 heterocycles. The summed E-state index contributed by atoms with van der Waals surface area (Å²) in [5.74, 6) is 0.437. The van der Waals surface area contributed by atoms with E-state index in [9.17, 15) is 12.8 Å². The van der Waals surface area contributed by atoms with Crippen LogP contribution in [0.2, 0.25) is 0 Å². The molecule has 3 aromatic rings. The largest absolute Gasteiger partial charge is 0.381 e. The summed E-state index contributed by atoms with van der Waals surface area (Å²) in [5.41, 5.74) is 1.32. The van der Waals surface area contributed by atoms with Crippen LogP contribution < -0.4 is 5.32 Å². The molecule has 0 spiro atoms. The minimum atomic E-state index is -3.64. The lowest BCUT2D eigenvalue weighted by Crippen LogP contribution is -2.46. The first-order chi connectivity index (χ1) is 17.3. The Morgan fingerprint density at radius 1 is 1.06 bits per heavy atom. The molecule has 0 unspecified atom stereocenters. The lowest BCUT2D eigenvalue weighted by Gasteiger charge is -2.32.